The summed E-state index contributed by atoms with van der Waals surface area (Å²) in [6.45, 7) is 0.0780. The summed E-state index contributed by atoms with van der Waals surface area (Å²) in [4.78, 5) is 30.3. The van der Waals surface area contributed by atoms with Crippen molar-refractivity contribution in [3.05, 3.63) is 44.9 Å². The van der Waals surface area contributed by atoms with Crippen LogP contribution in [-0.2, 0) is 13.0 Å². The highest BCUT2D eigenvalue weighted by molar-refractivity contribution is 7.16. The van der Waals surface area contributed by atoms with Gasteiger partial charge in [-0.1, -0.05) is 11.6 Å². The Morgan fingerprint density at radius 3 is 2.87 bits per heavy atom. The van der Waals surface area contributed by atoms with E-state index >= 15 is 0 Å². The van der Waals surface area contributed by atoms with Crippen LogP contribution in [0.4, 0.5) is 9.18 Å². The van der Waals surface area contributed by atoms with E-state index in [0.29, 0.717) is 11.4 Å². The largest absolute Gasteiger partial charge is 0.465 e. The molecule has 2 amide bonds. The van der Waals surface area contributed by atoms with Crippen molar-refractivity contribution in [2.45, 2.75) is 13.0 Å². The molecule has 0 unspecified atom stereocenters. The molecular formula is C13H12ClFN4O3S. The van der Waals surface area contributed by atoms with Gasteiger partial charge in [-0.3, -0.25) is 9.78 Å². The highest BCUT2D eigenvalue weighted by Gasteiger charge is 2.17. The van der Waals surface area contributed by atoms with Crippen molar-refractivity contribution < 1.29 is 19.1 Å². The third kappa shape index (κ3) is 4.86. The van der Waals surface area contributed by atoms with Crippen LogP contribution in [-0.4, -0.2) is 33.6 Å². The molecule has 0 saturated heterocycles. The molecule has 0 bridgehead atoms. The van der Waals surface area contributed by atoms with Crippen LogP contribution in [0.3, 0.4) is 0 Å². The highest BCUT2D eigenvalue weighted by Crippen LogP contribution is 2.24. The topological polar surface area (TPSA) is 104 Å². The van der Waals surface area contributed by atoms with Gasteiger partial charge in [0, 0.05) is 19.2 Å². The molecule has 0 atom stereocenters. The molecule has 0 fully saturated rings. The first kappa shape index (κ1) is 17.1. The Kier molecular flexibility index (Phi) is 5.83. The van der Waals surface area contributed by atoms with Crippen molar-refractivity contribution >= 4 is 34.9 Å². The number of carbonyl (C=O) groups excluding carboxylic acids is 1. The van der Waals surface area contributed by atoms with E-state index < -0.39 is 17.8 Å². The van der Waals surface area contributed by atoms with E-state index in [9.17, 15) is 14.0 Å². The number of thiazole rings is 1. The lowest BCUT2D eigenvalue weighted by Crippen LogP contribution is -2.25. The molecule has 2 rings (SSSR count). The predicted molar refractivity (Wildman–Crippen MR) is 82.2 cm³/mol. The molecule has 0 saturated carbocycles. The summed E-state index contributed by atoms with van der Waals surface area (Å²) in [5.74, 6) is -1.06. The molecule has 2 aromatic heterocycles. The van der Waals surface area contributed by atoms with Gasteiger partial charge in [0.25, 0.3) is 5.91 Å². The molecule has 7 nitrogen and oxygen atoms in total. The van der Waals surface area contributed by atoms with E-state index in [1.807, 2.05) is 0 Å². The number of halogens is 2. The number of carbonyl (C=O) groups is 2. The van der Waals surface area contributed by atoms with Crippen LogP contribution in [0.25, 0.3) is 0 Å². The van der Waals surface area contributed by atoms with Crippen molar-refractivity contribution in [3.8, 4) is 0 Å². The molecule has 2 heterocycles. The monoisotopic (exact) mass is 358 g/mol. The first-order chi connectivity index (χ1) is 11.0. The van der Waals surface area contributed by atoms with Crippen molar-refractivity contribution in [2.24, 2.45) is 0 Å². The van der Waals surface area contributed by atoms with E-state index in [0.717, 1.165) is 11.3 Å². The Morgan fingerprint density at radius 2 is 2.17 bits per heavy atom. The first-order valence-corrected chi connectivity index (χ1v) is 7.66. The Hall–Kier alpha value is -2.26. The average molecular weight is 359 g/mol. The van der Waals surface area contributed by atoms with Crippen molar-refractivity contribution in [1.29, 1.82) is 0 Å². The van der Waals surface area contributed by atoms with Gasteiger partial charge < -0.3 is 15.7 Å². The Labute approximate surface area is 139 Å². The second-order valence-electron chi connectivity index (χ2n) is 4.33. The van der Waals surface area contributed by atoms with Gasteiger partial charge in [-0.2, -0.15) is 0 Å². The Bertz CT molecular complexity index is 725. The van der Waals surface area contributed by atoms with E-state index in [1.54, 1.807) is 0 Å². The predicted octanol–water partition coefficient (Wildman–Crippen LogP) is 2.07. The van der Waals surface area contributed by atoms with Crippen LogP contribution >= 0.6 is 22.9 Å². The van der Waals surface area contributed by atoms with Crippen molar-refractivity contribution in [3.63, 3.8) is 0 Å². The third-order valence-corrected chi connectivity index (χ3v) is 4.03. The normalized spacial score (nSPS) is 10.3. The Balaban J connectivity index is 1.95. The summed E-state index contributed by atoms with van der Waals surface area (Å²) in [5.41, 5.74) is 0.136. The standard InChI is InChI=1S/C13H12ClFN4O3S/c14-11-10(19-9(23-11)3-5-17-13(21)22)12(20)18-6-8-7(15)2-1-4-16-8/h1-2,4,17H,3,5-6H2,(H,18,20)(H,21,22). The van der Waals surface area contributed by atoms with Crippen LogP contribution in [0.5, 0.6) is 0 Å². The number of carboxylic acid groups (broad SMARTS) is 1. The van der Waals surface area contributed by atoms with E-state index in [4.69, 9.17) is 16.7 Å². The number of nitrogens with zero attached hydrogens (tertiary/aromatic N) is 2. The van der Waals surface area contributed by atoms with Crippen LogP contribution in [0, 0.1) is 5.82 Å². The van der Waals surface area contributed by atoms with Gasteiger partial charge in [0.15, 0.2) is 5.69 Å². The van der Waals surface area contributed by atoms with Crippen LogP contribution in [0.2, 0.25) is 4.34 Å². The van der Waals surface area contributed by atoms with E-state index in [-0.39, 0.29) is 28.8 Å². The van der Waals surface area contributed by atoms with Crippen LogP contribution < -0.4 is 10.6 Å². The van der Waals surface area contributed by atoms with Crippen molar-refractivity contribution in [2.75, 3.05) is 6.54 Å². The van der Waals surface area contributed by atoms with E-state index in [1.165, 1.54) is 18.3 Å². The number of amides is 2. The lowest BCUT2D eigenvalue weighted by molar-refractivity contribution is 0.0945. The summed E-state index contributed by atoms with van der Waals surface area (Å²) >= 11 is 7.05. The molecule has 0 radical (unpaired) electrons. The molecule has 122 valence electrons. The van der Waals surface area contributed by atoms with Gasteiger partial charge in [-0.15, -0.1) is 11.3 Å². The zero-order valence-electron chi connectivity index (χ0n) is 11.7. The molecule has 0 aliphatic heterocycles. The highest BCUT2D eigenvalue weighted by atomic mass is 35.5. The number of aromatic nitrogens is 2. The molecule has 23 heavy (non-hydrogen) atoms. The van der Waals surface area contributed by atoms with Gasteiger partial charge in [-0.05, 0) is 12.1 Å². The quantitative estimate of drug-likeness (QED) is 0.733. The minimum absolute atomic E-state index is 0.0262. The lowest BCUT2D eigenvalue weighted by atomic mass is 10.3. The molecule has 0 aliphatic rings. The number of pyridine rings is 1. The zero-order valence-corrected chi connectivity index (χ0v) is 13.2. The number of rotatable bonds is 6. The maximum absolute atomic E-state index is 13.4. The fraction of sp³-hybridized carbons (Fsp3) is 0.231. The zero-order chi connectivity index (χ0) is 16.8. The molecule has 0 aromatic carbocycles. The second-order valence-corrected chi connectivity index (χ2v) is 6.01. The van der Waals surface area contributed by atoms with E-state index in [2.05, 4.69) is 20.6 Å². The summed E-state index contributed by atoms with van der Waals surface area (Å²) in [7, 11) is 0. The summed E-state index contributed by atoms with van der Waals surface area (Å²) < 4.78 is 13.6. The minimum atomic E-state index is -1.14. The maximum atomic E-state index is 13.4. The van der Waals surface area contributed by atoms with Crippen LogP contribution in [0.1, 0.15) is 21.2 Å². The molecule has 0 spiro atoms. The van der Waals surface area contributed by atoms with Crippen LogP contribution in [0.15, 0.2) is 18.3 Å². The summed E-state index contributed by atoms with van der Waals surface area (Å²) in [6, 6.07) is 2.70. The molecule has 2 aromatic rings. The lowest BCUT2D eigenvalue weighted by Gasteiger charge is -2.04. The van der Waals surface area contributed by atoms with Gasteiger partial charge >= 0.3 is 6.09 Å². The SMILES string of the molecule is O=C(O)NCCc1nc(C(=O)NCc2ncccc2F)c(Cl)s1. The summed E-state index contributed by atoms with van der Waals surface area (Å²) in [5, 5.41) is 13.7. The fourth-order valence-corrected chi connectivity index (χ4v) is 2.84. The third-order valence-electron chi connectivity index (χ3n) is 2.71. The average Bonchev–Trinajstić information content (AvgIpc) is 2.87. The molecular weight excluding hydrogens is 347 g/mol. The van der Waals surface area contributed by atoms with Gasteiger partial charge in [0.05, 0.1) is 17.2 Å². The number of hydrogen-bond donors (Lipinski definition) is 3. The minimum Gasteiger partial charge on any atom is -0.465 e. The molecule has 3 N–H and O–H groups in total. The smallest absolute Gasteiger partial charge is 0.404 e. The molecule has 10 heteroatoms. The van der Waals surface area contributed by atoms with Crippen molar-refractivity contribution in [1.82, 2.24) is 20.6 Å². The van der Waals surface area contributed by atoms with Gasteiger partial charge in [0.1, 0.15) is 10.2 Å². The van der Waals surface area contributed by atoms with Gasteiger partial charge in [0.2, 0.25) is 0 Å². The number of nitrogens with one attached hydrogen (secondary N) is 2. The van der Waals surface area contributed by atoms with Gasteiger partial charge in [-0.25, -0.2) is 14.2 Å². The Morgan fingerprint density at radius 1 is 1.39 bits per heavy atom. The summed E-state index contributed by atoms with van der Waals surface area (Å²) in [6.07, 6.45) is 0.607. The number of hydrogen-bond acceptors (Lipinski definition) is 5. The first-order valence-electron chi connectivity index (χ1n) is 6.47. The maximum Gasteiger partial charge on any atom is 0.404 e. The fourth-order valence-electron chi connectivity index (χ4n) is 1.66. The molecule has 0 aliphatic carbocycles. The second kappa shape index (κ2) is 7.84.